The standard InChI is InChI=1S/C17H12Cl3N5O2/c1-9-6-13(23-14-11(9)4-3-5-12(14)27-2)25-15(10(7-21)8-22-25)24-16(26)17(18,19)20/h3-6,8H,1-2H3,(H,24,26). The lowest BCUT2D eigenvalue weighted by molar-refractivity contribution is -0.115. The number of hydrogen-bond acceptors (Lipinski definition) is 5. The highest BCUT2D eigenvalue weighted by Crippen LogP contribution is 2.31. The number of fused-ring (bicyclic) bond motifs is 1. The van der Waals surface area contributed by atoms with Crippen molar-refractivity contribution in [3.05, 3.63) is 41.6 Å². The number of aromatic nitrogens is 3. The molecule has 3 aromatic rings. The first-order chi connectivity index (χ1) is 12.8. The average Bonchev–Trinajstić information content (AvgIpc) is 3.03. The van der Waals surface area contributed by atoms with Gasteiger partial charge in [-0.25, -0.2) is 4.98 Å². The van der Waals surface area contributed by atoms with Crippen LogP contribution in [0.5, 0.6) is 5.75 Å². The van der Waals surface area contributed by atoms with Gasteiger partial charge in [-0.05, 0) is 24.6 Å². The van der Waals surface area contributed by atoms with Crippen LogP contribution in [-0.2, 0) is 4.79 Å². The number of nitrogens with one attached hydrogen (secondary N) is 1. The number of rotatable bonds is 3. The smallest absolute Gasteiger partial charge is 0.277 e. The first kappa shape index (κ1) is 19.2. The predicted molar refractivity (Wildman–Crippen MR) is 104 cm³/mol. The van der Waals surface area contributed by atoms with Crippen molar-refractivity contribution in [1.29, 1.82) is 5.26 Å². The van der Waals surface area contributed by atoms with E-state index in [1.807, 2.05) is 25.1 Å². The van der Waals surface area contributed by atoms with Crippen LogP contribution < -0.4 is 10.1 Å². The molecule has 0 aliphatic carbocycles. The average molecular weight is 425 g/mol. The number of anilines is 1. The van der Waals surface area contributed by atoms with Gasteiger partial charge in [0.05, 0.1) is 13.3 Å². The zero-order chi connectivity index (χ0) is 19.8. The predicted octanol–water partition coefficient (Wildman–Crippen LogP) is 3.92. The second-order valence-electron chi connectivity index (χ2n) is 5.54. The van der Waals surface area contributed by atoms with E-state index in [1.54, 1.807) is 19.2 Å². The summed E-state index contributed by atoms with van der Waals surface area (Å²) in [6, 6.07) is 9.27. The number of carbonyl (C=O) groups is 1. The van der Waals surface area contributed by atoms with E-state index in [0.717, 1.165) is 10.9 Å². The number of nitriles is 1. The number of para-hydroxylation sites is 1. The molecule has 0 spiro atoms. The Balaban J connectivity index is 2.19. The molecular formula is C17H12Cl3N5O2. The van der Waals surface area contributed by atoms with Gasteiger partial charge in [-0.1, -0.05) is 46.9 Å². The number of amides is 1. The maximum Gasteiger partial charge on any atom is 0.277 e. The largest absolute Gasteiger partial charge is 0.494 e. The van der Waals surface area contributed by atoms with Gasteiger partial charge in [0, 0.05) is 5.39 Å². The van der Waals surface area contributed by atoms with Gasteiger partial charge >= 0.3 is 0 Å². The zero-order valence-electron chi connectivity index (χ0n) is 14.1. The normalized spacial score (nSPS) is 11.3. The Morgan fingerprint density at radius 2 is 2.11 bits per heavy atom. The van der Waals surface area contributed by atoms with Gasteiger partial charge in [0.2, 0.25) is 0 Å². The minimum absolute atomic E-state index is 0.0509. The molecule has 0 aliphatic rings. The molecule has 1 N–H and O–H groups in total. The number of nitrogens with zero attached hydrogens (tertiary/aromatic N) is 4. The van der Waals surface area contributed by atoms with Crippen LogP contribution in [0.15, 0.2) is 30.5 Å². The molecule has 27 heavy (non-hydrogen) atoms. The molecule has 0 saturated carbocycles. The van der Waals surface area contributed by atoms with Gasteiger partial charge in [-0.3, -0.25) is 4.79 Å². The molecule has 0 fully saturated rings. The Labute approximate surface area is 169 Å². The van der Waals surface area contributed by atoms with E-state index in [0.29, 0.717) is 17.1 Å². The van der Waals surface area contributed by atoms with Gasteiger partial charge in [0.25, 0.3) is 9.70 Å². The number of ether oxygens (including phenoxy) is 1. The molecule has 10 heteroatoms. The molecule has 0 radical (unpaired) electrons. The monoisotopic (exact) mass is 423 g/mol. The number of alkyl halides is 3. The summed E-state index contributed by atoms with van der Waals surface area (Å²) < 4.78 is 4.47. The lowest BCUT2D eigenvalue weighted by Crippen LogP contribution is -2.28. The highest BCUT2D eigenvalue weighted by atomic mass is 35.6. The van der Waals surface area contributed by atoms with E-state index in [1.165, 1.54) is 10.9 Å². The quantitative estimate of drug-likeness (QED) is 0.643. The fraction of sp³-hybridized carbons (Fsp3) is 0.176. The van der Waals surface area contributed by atoms with E-state index in [4.69, 9.17) is 39.5 Å². The highest BCUT2D eigenvalue weighted by molar-refractivity contribution is 6.76. The second kappa shape index (κ2) is 7.24. The SMILES string of the molecule is COc1cccc2c(C)cc(-n3ncc(C#N)c3NC(=O)C(Cl)(Cl)Cl)nc12. The number of halogens is 3. The van der Waals surface area contributed by atoms with Crippen LogP contribution in [-0.4, -0.2) is 31.6 Å². The van der Waals surface area contributed by atoms with Crippen LogP contribution in [0.25, 0.3) is 16.7 Å². The summed E-state index contributed by atoms with van der Waals surface area (Å²) in [5.41, 5.74) is 1.61. The molecule has 0 atom stereocenters. The van der Waals surface area contributed by atoms with Crippen molar-refractivity contribution in [3.63, 3.8) is 0 Å². The lowest BCUT2D eigenvalue weighted by atomic mass is 10.1. The number of aryl methyl sites for hydroxylation is 1. The summed E-state index contributed by atoms with van der Waals surface area (Å²) in [6.07, 6.45) is 1.29. The summed E-state index contributed by atoms with van der Waals surface area (Å²) in [5.74, 6) is 0.0819. The molecule has 1 aromatic carbocycles. The summed E-state index contributed by atoms with van der Waals surface area (Å²) in [7, 11) is 1.55. The molecule has 138 valence electrons. The van der Waals surface area contributed by atoms with Crippen LogP contribution in [0.1, 0.15) is 11.1 Å². The van der Waals surface area contributed by atoms with Crippen LogP contribution in [0.4, 0.5) is 5.82 Å². The van der Waals surface area contributed by atoms with Crippen molar-refractivity contribution >= 4 is 57.4 Å². The maximum absolute atomic E-state index is 12.1. The minimum atomic E-state index is -2.20. The van der Waals surface area contributed by atoms with E-state index < -0.39 is 9.70 Å². The van der Waals surface area contributed by atoms with E-state index in [-0.39, 0.29) is 11.4 Å². The Morgan fingerprint density at radius 1 is 1.37 bits per heavy atom. The topological polar surface area (TPSA) is 92.8 Å². The van der Waals surface area contributed by atoms with Crippen molar-refractivity contribution < 1.29 is 9.53 Å². The molecule has 0 saturated heterocycles. The molecular weight excluding hydrogens is 413 g/mol. The maximum atomic E-state index is 12.1. The first-order valence-corrected chi connectivity index (χ1v) is 8.70. The second-order valence-corrected chi connectivity index (χ2v) is 7.82. The van der Waals surface area contributed by atoms with Gasteiger partial charge < -0.3 is 10.1 Å². The summed E-state index contributed by atoms with van der Waals surface area (Å²) >= 11 is 16.8. The zero-order valence-corrected chi connectivity index (χ0v) is 16.4. The first-order valence-electron chi connectivity index (χ1n) is 7.57. The number of benzene rings is 1. The Hall–Kier alpha value is -2.53. The molecule has 7 nitrogen and oxygen atoms in total. The van der Waals surface area contributed by atoms with Gasteiger partial charge in [-0.15, -0.1) is 0 Å². The Bertz CT molecular complexity index is 1080. The van der Waals surface area contributed by atoms with Crippen LogP contribution in [0, 0.1) is 18.3 Å². The third-order valence-electron chi connectivity index (χ3n) is 3.81. The van der Waals surface area contributed by atoms with Crippen molar-refractivity contribution in [2.45, 2.75) is 10.7 Å². The van der Waals surface area contributed by atoms with Crippen LogP contribution in [0.3, 0.4) is 0 Å². The number of pyridine rings is 1. The third-order valence-corrected chi connectivity index (χ3v) is 4.33. The minimum Gasteiger partial charge on any atom is -0.494 e. The summed E-state index contributed by atoms with van der Waals surface area (Å²) in [4.78, 5) is 16.6. The van der Waals surface area contributed by atoms with Crippen molar-refractivity contribution in [3.8, 4) is 17.6 Å². The lowest BCUT2D eigenvalue weighted by Gasteiger charge is -2.14. The molecule has 0 bridgehead atoms. The molecule has 0 unspecified atom stereocenters. The summed E-state index contributed by atoms with van der Waals surface area (Å²) in [5, 5.41) is 16.8. The number of carbonyl (C=O) groups excluding carboxylic acids is 1. The van der Waals surface area contributed by atoms with Crippen LogP contribution in [0.2, 0.25) is 0 Å². The Kier molecular flexibility index (Phi) is 5.16. The number of methoxy groups -OCH3 is 1. The fourth-order valence-corrected chi connectivity index (χ4v) is 2.69. The Morgan fingerprint density at radius 3 is 2.74 bits per heavy atom. The van der Waals surface area contributed by atoms with Gasteiger partial charge in [-0.2, -0.15) is 15.0 Å². The molecule has 0 aliphatic heterocycles. The molecule has 2 heterocycles. The van der Waals surface area contributed by atoms with E-state index in [2.05, 4.69) is 15.4 Å². The molecule has 3 rings (SSSR count). The van der Waals surface area contributed by atoms with Crippen molar-refractivity contribution in [1.82, 2.24) is 14.8 Å². The van der Waals surface area contributed by atoms with E-state index in [9.17, 15) is 10.1 Å². The summed E-state index contributed by atoms with van der Waals surface area (Å²) in [6.45, 7) is 1.90. The third kappa shape index (κ3) is 3.65. The van der Waals surface area contributed by atoms with Gasteiger partial charge in [0.15, 0.2) is 11.6 Å². The highest BCUT2D eigenvalue weighted by Gasteiger charge is 2.32. The fourth-order valence-electron chi connectivity index (χ4n) is 2.55. The van der Waals surface area contributed by atoms with Crippen LogP contribution >= 0.6 is 34.8 Å². The number of hydrogen-bond donors (Lipinski definition) is 1. The van der Waals surface area contributed by atoms with Gasteiger partial charge in [0.1, 0.15) is 22.9 Å². The van der Waals surface area contributed by atoms with Crippen molar-refractivity contribution in [2.75, 3.05) is 12.4 Å². The molecule has 1 amide bonds. The molecule has 2 aromatic heterocycles. The van der Waals surface area contributed by atoms with E-state index >= 15 is 0 Å². The van der Waals surface area contributed by atoms with Crippen molar-refractivity contribution in [2.24, 2.45) is 0 Å².